The number of pyridine rings is 1. The van der Waals surface area contributed by atoms with Gasteiger partial charge in [0.1, 0.15) is 17.4 Å². The third kappa shape index (κ3) is 2.28. The molecule has 0 aliphatic heterocycles. The summed E-state index contributed by atoms with van der Waals surface area (Å²) >= 11 is 3.51. The molecule has 0 radical (unpaired) electrons. The summed E-state index contributed by atoms with van der Waals surface area (Å²) in [5.41, 5.74) is 0.608. The molecule has 0 unspecified atom stereocenters. The number of nitro groups is 1. The second-order valence-corrected chi connectivity index (χ2v) is 5.84. The fraction of sp³-hybridized carbons (Fsp3) is 0.308. The van der Waals surface area contributed by atoms with Crippen molar-refractivity contribution in [3.05, 3.63) is 40.6 Å². The summed E-state index contributed by atoms with van der Waals surface area (Å²) in [4.78, 5) is 15.3. The van der Waals surface area contributed by atoms with Crippen molar-refractivity contribution < 1.29 is 9.66 Å². The number of halogens is 1. The van der Waals surface area contributed by atoms with E-state index in [9.17, 15) is 10.1 Å². The van der Waals surface area contributed by atoms with E-state index in [1.54, 1.807) is 24.4 Å². The molecule has 98 valence electrons. The molecule has 0 atom stereocenters. The van der Waals surface area contributed by atoms with Crippen molar-refractivity contribution in [3.8, 4) is 5.75 Å². The fourth-order valence-corrected chi connectivity index (χ4v) is 3.00. The van der Waals surface area contributed by atoms with Crippen molar-refractivity contribution in [2.75, 3.05) is 0 Å². The third-order valence-electron chi connectivity index (χ3n) is 3.24. The smallest absolute Gasteiger partial charge is 0.279 e. The van der Waals surface area contributed by atoms with Gasteiger partial charge in [-0.2, -0.15) is 0 Å². The van der Waals surface area contributed by atoms with E-state index in [-0.39, 0.29) is 11.8 Å². The van der Waals surface area contributed by atoms with E-state index in [1.165, 1.54) is 6.07 Å². The standard InChI is InChI=1S/C13H11BrN2O3/c14-8-6-9(7-8)19-12-4-3-11(16(17)18)10-2-1-5-15-13(10)12/h1-5,8-9H,6-7H2. The van der Waals surface area contributed by atoms with Crippen molar-refractivity contribution in [1.82, 2.24) is 4.98 Å². The van der Waals surface area contributed by atoms with Crippen LogP contribution >= 0.6 is 15.9 Å². The number of nitrogens with zero attached hydrogens (tertiary/aromatic N) is 2. The van der Waals surface area contributed by atoms with E-state index >= 15 is 0 Å². The third-order valence-corrected chi connectivity index (χ3v) is 3.98. The highest BCUT2D eigenvalue weighted by atomic mass is 79.9. The molecule has 0 saturated heterocycles. The molecule has 1 fully saturated rings. The van der Waals surface area contributed by atoms with E-state index in [4.69, 9.17) is 4.74 Å². The first-order valence-electron chi connectivity index (χ1n) is 5.98. The van der Waals surface area contributed by atoms with Crippen LogP contribution in [-0.4, -0.2) is 20.8 Å². The van der Waals surface area contributed by atoms with Gasteiger partial charge in [0.15, 0.2) is 0 Å². The number of nitro benzene ring substituents is 1. The van der Waals surface area contributed by atoms with Crippen LogP contribution in [0.25, 0.3) is 10.9 Å². The van der Waals surface area contributed by atoms with E-state index in [2.05, 4.69) is 20.9 Å². The van der Waals surface area contributed by atoms with Gasteiger partial charge in [-0.25, -0.2) is 0 Å². The van der Waals surface area contributed by atoms with E-state index < -0.39 is 4.92 Å². The lowest BCUT2D eigenvalue weighted by Gasteiger charge is -2.31. The first kappa shape index (κ1) is 12.3. The zero-order chi connectivity index (χ0) is 13.4. The minimum Gasteiger partial charge on any atom is -0.488 e. The van der Waals surface area contributed by atoms with Gasteiger partial charge in [-0.05, 0) is 31.0 Å². The molecule has 1 aliphatic rings. The summed E-state index contributed by atoms with van der Waals surface area (Å²) < 4.78 is 5.85. The summed E-state index contributed by atoms with van der Waals surface area (Å²) in [5.74, 6) is 0.616. The summed E-state index contributed by atoms with van der Waals surface area (Å²) in [6.07, 6.45) is 3.68. The summed E-state index contributed by atoms with van der Waals surface area (Å²) in [5, 5.41) is 11.5. The Balaban J connectivity index is 2.01. The number of hydrogen-bond acceptors (Lipinski definition) is 4. The number of benzene rings is 1. The number of fused-ring (bicyclic) bond motifs is 1. The van der Waals surface area contributed by atoms with Crippen molar-refractivity contribution in [1.29, 1.82) is 0 Å². The van der Waals surface area contributed by atoms with Gasteiger partial charge >= 0.3 is 0 Å². The maximum atomic E-state index is 11.0. The molecule has 0 N–H and O–H groups in total. The molecule has 5 nitrogen and oxygen atoms in total. The highest BCUT2D eigenvalue weighted by Gasteiger charge is 2.29. The largest absolute Gasteiger partial charge is 0.488 e. The molecule has 1 heterocycles. The Morgan fingerprint density at radius 3 is 2.84 bits per heavy atom. The number of rotatable bonds is 3. The molecule has 3 rings (SSSR count). The highest BCUT2D eigenvalue weighted by Crippen LogP contribution is 2.36. The average molecular weight is 323 g/mol. The number of alkyl halides is 1. The molecule has 6 heteroatoms. The maximum absolute atomic E-state index is 11.0. The molecule has 2 aromatic rings. The Bertz CT molecular complexity index is 641. The lowest BCUT2D eigenvalue weighted by molar-refractivity contribution is -0.383. The zero-order valence-electron chi connectivity index (χ0n) is 9.95. The summed E-state index contributed by atoms with van der Waals surface area (Å²) in [6.45, 7) is 0. The molecule has 1 aromatic carbocycles. The fourth-order valence-electron chi connectivity index (χ4n) is 2.16. The quantitative estimate of drug-likeness (QED) is 0.493. The SMILES string of the molecule is O=[N+]([O-])c1ccc(OC2CC(Br)C2)c2ncccc12. The van der Waals surface area contributed by atoms with E-state index in [1.807, 2.05) is 0 Å². The number of non-ortho nitro benzene ring substituents is 1. The van der Waals surface area contributed by atoms with Gasteiger partial charge in [-0.15, -0.1) is 0 Å². The Morgan fingerprint density at radius 2 is 2.16 bits per heavy atom. The van der Waals surface area contributed by atoms with Gasteiger partial charge in [0.05, 0.1) is 10.3 Å². The lowest BCUT2D eigenvalue weighted by Crippen LogP contribution is -2.34. The van der Waals surface area contributed by atoms with Crippen LogP contribution in [-0.2, 0) is 0 Å². The van der Waals surface area contributed by atoms with Crippen LogP contribution in [0.4, 0.5) is 5.69 Å². The van der Waals surface area contributed by atoms with Crippen molar-refractivity contribution in [3.63, 3.8) is 0 Å². The van der Waals surface area contributed by atoms with Crippen LogP contribution in [0, 0.1) is 10.1 Å². The maximum Gasteiger partial charge on any atom is 0.279 e. The van der Waals surface area contributed by atoms with Crippen LogP contribution in [0.1, 0.15) is 12.8 Å². The first-order valence-corrected chi connectivity index (χ1v) is 6.89. The minimum absolute atomic E-state index is 0.0578. The monoisotopic (exact) mass is 322 g/mol. The predicted octanol–water partition coefficient (Wildman–Crippen LogP) is 3.45. The van der Waals surface area contributed by atoms with Gasteiger partial charge < -0.3 is 4.74 Å². The topological polar surface area (TPSA) is 65.3 Å². The van der Waals surface area contributed by atoms with Crippen LogP contribution in [0.3, 0.4) is 0 Å². The van der Waals surface area contributed by atoms with Gasteiger partial charge in [-0.3, -0.25) is 15.1 Å². The average Bonchev–Trinajstić information content (AvgIpc) is 2.36. The molecular formula is C13H11BrN2O3. The number of hydrogen-bond donors (Lipinski definition) is 0. The Hall–Kier alpha value is -1.69. The molecule has 0 spiro atoms. The Labute approximate surface area is 117 Å². The highest BCUT2D eigenvalue weighted by molar-refractivity contribution is 9.09. The predicted molar refractivity (Wildman–Crippen MR) is 74.8 cm³/mol. The summed E-state index contributed by atoms with van der Waals surface area (Å²) in [6, 6.07) is 6.50. The summed E-state index contributed by atoms with van der Waals surface area (Å²) in [7, 11) is 0. The second-order valence-electron chi connectivity index (χ2n) is 4.55. The van der Waals surface area contributed by atoms with Crippen LogP contribution in [0.15, 0.2) is 30.5 Å². The number of aromatic nitrogens is 1. The lowest BCUT2D eigenvalue weighted by atomic mass is 9.96. The van der Waals surface area contributed by atoms with Crippen LogP contribution in [0.5, 0.6) is 5.75 Å². The second kappa shape index (κ2) is 4.77. The van der Waals surface area contributed by atoms with Crippen LogP contribution < -0.4 is 4.74 Å². The first-order chi connectivity index (χ1) is 9.15. The molecule has 1 aliphatic carbocycles. The molecule has 1 aromatic heterocycles. The molecular weight excluding hydrogens is 312 g/mol. The van der Waals surface area contributed by atoms with Gasteiger partial charge in [-0.1, -0.05) is 15.9 Å². The molecule has 1 saturated carbocycles. The van der Waals surface area contributed by atoms with Crippen molar-refractivity contribution >= 4 is 32.5 Å². The molecule has 0 bridgehead atoms. The van der Waals surface area contributed by atoms with Gasteiger partial charge in [0.2, 0.25) is 0 Å². The van der Waals surface area contributed by atoms with Crippen molar-refractivity contribution in [2.24, 2.45) is 0 Å². The zero-order valence-corrected chi connectivity index (χ0v) is 11.5. The Morgan fingerprint density at radius 1 is 1.37 bits per heavy atom. The molecule has 0 amide bonds. The van der Waals surface area contributed by atoms with Gasteiger partial charge in [0.25, 0.3) is 5.69 Å². The van der Waals surface area contributed by atoms with Crippen molar-refractivity contribution in [2.45, 2.75) is 23.8 Å². The van der Waals surface area contributed by atoms with E-state index in [0.717, 1.165) is 12.8 Å². The van der Waals surface area contributed by atoms with Crippen LogP contribution in [0.2, 0.25) is 0 Å². The van der Waals surface area contributed by atoms with Gasteiger partial charge in [0, 0.05) is 17.1 Å². The number of ether oxygens (including phenoxy) is 1. The van der Waals surface area contributed by atoms with E-state index in [0.29, 0.717) is 21.5 Å². The minimum atomic E-state index is -0.397. The normalized spacial score (nSPS) is 21.9. The molecule has 19 heavy (non-hydrogen) atoms. The Kier molecular flexibility index (Phi) is 3.10.